The molecule has 1 saturated heterocycles. The summed E-state index contributed by atoms with van der Waals surface area (Å²) < 4.78 is 5.99. The Labute approximate surface area is 174 Å². The van der Waals surface area contributed by atoms with Gasteiger partial charge in [0.1, 0.15) is 11.3 Å². The van der Waals surface area contributed by atoms with Crippen molar-refractivity contribution in [3.63, 3.8) is 0 Å². The predicted molar refractivity (Wildman–Crippen MR) is 112 cm³/mol. The van der Waals surface area contributed by atoms with E-state index in [-0.39, 0.29) is 11.8 Å². The third-order valence-corrected chi connectivity index (χ3v) is 5.16. The molecule has 6 nitrogen and oxygen atoms in total. The Bertz CT molecular complexity index is 1000. The number of aromatic nitrogens is 2. The van der Waals surface area contributed by atoms with Gasteiger partial charge < -0.3 is 14.5 Å². The molecule has 2 heterocycles. The van der Waals surface area contributed by atoms with Gasteiger partial charge in [0, 0.05) is 37.9 Å². The second-order valence-corrected chi connectivity index (χ2v) is 7.31. The Hall–Kier alpha value is -2.96. The molecule has 0 aliphatic carbocycles. The standard InChI is InChI=1S/C22H21ClN4O2/c1-26-11-13-27(14-12-26)22(28)17-15-24-20(16-7-3-2-4-8-16)25-21(17)29-19-10-6-5-9-18(19)23/h2-10,15H,11-14H2,1H3. The minimum Gasteiger partial charge on any atom is -0.436 e. The maximum atomic E-state index is 13.2. The second-order valence-electron chi connectivity index (χ2n) is 6.91. The van der Waals surface area contributed by atoms with E-state index in [9.17, 15) is 4.79 Å². The normalized spacial score (nSPS) is 14.6. The van der Waals surface area contributed by atoms with Crippen LogP contribution >= 0.6 is 11.6 Å². The summed E-state index contributed by atoms with van der Waals surface area (Å²) in [5.41, 5.74) is 1.17. The molecule has 3 aromatic rings. The number of hydrogen-bond donors (Lipinski definition) is 0. The van der Waals surface area contributed by atoms with Crippen molar-refractivity contribution in [1.29, 1.82) is 0 Å². The quantitative estimate of drug-likeness (QED) is 0.653. The fourth-order valence-corrected chi connectivity index (χ4v) is 3.30. The molecule has 4 rings (SSSR count). The number of carbonyl (C=O) groups excluding carboxylic acids is 1. The number of rotatable bonds is 4. The molecule has 2 aromatic carbocycles. The number of benzene rings is 2. The van der Waals surface area contributed by atoms with Crippen LogP contribution in [-0.2, 0) is 0 Å². The first-order valence-corrected chi connectivity index (χ1v) is 9.82. The first-order chi connectivity index (χ1) is 14.1. The molecule has 29 heavy (non-hydrogen) atoms. The molecule has 7 heteroatoms. The van der Waals surface area contributed by atoms with E-state index in [1.165, 1.54) is 0 Å². The molecule has 1 aliphatic rings. The Balaban J connectivity index is 1.71. The number of ether oxygens (including phenoxy) is 1. The van der Waals surface area contributed by atoms with Gasteiger partial charge in [0.05, 0.1) is 5.02 Å². The number of piperazine rings is 1. The molecule has 0 bridgehead atoms. The molecule has 0 radical (unpaired) electrons. The lowest BCUT2D eigenvalue weighted by Gasteiger charge is -2.32. The third-order valence-electron chi connectivity index (χ3n) is 4.85. The van der Waals surface area contributed by atoms with E-state index in [0.717, 1.165) is 18.7 Å². The van der Waals surface area contributed by atoms with Crippen molar-refractivity contribution in [2.45, 2.75) is 0 Å². The fourth-order valence-electron chi connectivity index (χ4n) is 3.13. The Morgan fingerprint density at radius 3 is 2.41 bits per heavy atom. The maximum Gasteiger partial charge on any atom is 0.261 e. The van der Waals surface area contributed by atoms with E-state index in [0.29, 0.717) is 35.2 Å². The molecular weight excluding hydrogens is 388 g/mol. The number of nitrogens with zero attached hydrogens (tertiary/aromatic N) is 4. The largest absolute Gasteiger partial charge is 0.436 e. The second kappa shape index (κ2) is 8.59. The molecule has 148 valence electrons. The first-order valence-electron chi connectivity index (χ1n) is 9.44. The summed E-state index contributed by atoms with van der Waals surface area (Å²) in [6, 6.07) is 16.7. The van der Waals surface area contributed by atoms with Crippen molar-refractivity contribution in [2.75, 3.05) is 33.2 Å². The van der Waals surface area contributed by atoms with E-state index in [4.69, 9.17) is 16.3 Å². The number of likely N-dealkylation sites (N-methyl/N-ethyl adjacent to an activating group) is 1. The van der Waals surface area contributed by atoms with Gasteiger partial charge >= 0.3 is 0 Å². The first kappa shape index (κ1) is 19.4. The SMILES string of the molecule is CN1CCN(C(=O)c2cnc(-c3ccccc3)nc2Oc2ccccc2Cl)CC1. The van der Waals surface area contributed by atoms with Crippen LogP contribution in [0.25, 0.3) is 11.4 Å². The van der Waals surface area contributed by atoms with Gasteiger partial charge in [0.15, 0.2) is 5.82 Å². The van der Waals surface area contributed by atoms with Crippen LogP contribution in [0.1, 0.15) is 10.4 Å². The van der Waals surface area contributed by atoms with Gasteiger partial charge in [-0.1, -0.05) is 54.1 Å². The number of para-hydroxylation sites is 1. The molecule has 0 N–H and O–H groups in total. The van der Waals surface area contributed by atoms with Crippen LogP contribution in [0.2, 0.25) is 5.02 Å². The summed E-state index contributed by atoms with van der Waals surface area (Å²) >= 11 is 6.26. The topological polar surface area (TPSA) is 58.6 Å². The van der Waals surface area contributed by atoms with E-state index in [1.807, 2.05) is 49.5 Å². The van der Waals surface area contributed by atoms with E-state index < -0.39 is 0 Å². The molecule has 0 spiro atoms. The van der Waals surface area contributed by atoms with Crippen molar-refractivity contribution >= 4 is 17.5 Å². The maximum absolute atomic E-state index is 13.2. The Morgan fingerprint density at radius 1 is 1.00 bits per heavy atom. The summed E-state index contributed by atoms with van der Waals surface area (Å²) in [5.74, 6) is 0.998. The summed E-state index contributed by atoms with van der Waals surface area (Å²) in [5, 5.41) is 0.449. The molecule has 1 aromatic heterocycles. The van der Waals surface area contributed by atoms with Gasteiger partial charge in [0.2, 0.25) is 5.88 Å². The van der Waals surface area contributed by atoms with Crippen LogP contribution in [0.5, 0.6) is 11.6 Å². The minimum absolute atomic E-state index is 0.139. The van der Waals surface area contributed by atoms with Crippen molar-refractivity contribution < 1.29 is 9.53 Å². The summed E-state index contributed by atoms with van der Waals surface area (Å²) in [4.78, 5) is 26.1. The van der Waals surface area contributed by atoms with E-state index in [1.54, 1.807) is 23.2 Å². The highest BCUT2D eigenvalue weighted by molar-refractivity contribution is 6.32. The van der Waals surface area contributed by atoms with Gasteiger partial charge in [-0.2, -0.15) is 4.98 Å². The third kappa shape index (κ3) is 4.39. The van der Waals surface area contributed by atoms with E-state index in [2.05, 4.69) is 14.9 Å². The van der Waals surface area contributed by atoms with Crippen LogP contribution < -0.4 is 4.74 Å². The summed E-state index contributed by atoms with van der Waals surface area (Å²) in [6.07, 6.45) is 1.54. The minimum atomic E-state index is -0.139. The Morgan fingerprint density at radius 2 is 1.69 bits per heavy atom. The van der Waals surface area contributed by atoms with Crippen LogP contribution in [0, 0.1) is 0 Å². The summed E-state index contributed by atoms with van der Waals surface area (Å²) in [6.45, 7) is 2.97. The van der Waals surface area contributed by atoms with Gasteiger partial charge in [0.25, 0.3) is 5.91 Å². The van der Waals surface area contributed by atoms with Crippen molar-refractivity contribution in [2.24, 2.45) is 0 Å². The monoisotopic (exact) mass is 408 g/mol. The fraction of sp³-hybridized carbons (Fsp3) is 0.227. The molecule has 1 aliphatic heterocycles. The smallest absolute Gasteiger partial charge is 0.261 e. The molecule has 0 saturated carbocycles. The number of halogens is 1. The van der Waals surface area contributed by atoms with Crippen molar-refractivity contribution in [3.05, 3.63) is 71.4 Å². The number of hydrogen-bond acceptors (Lipinski definition) is 5. The van der Waals surface area contributed by atoms with Gasteiger partial charge in [-0.3, -0.25) is 4.79 Å². The zero-order chi connectivity index (χ0) is 20.2. The predicted octanol–water partition coefficient (Wildman–Crippen LogP) is 3.98. The van der Waals surface area contributed by atoms with Crippen LogP contribution in [0.3, 0.4) is 0 Å². The number of carbonyl (C=O) groups is 1. The van der Waals surface area contributed by atoms with Gasteiger partial charge in [-0.05, 0) is 19.2 Å². The van der Waals surface area contributed by atoms with Gasteiger partial charge in [-0.25, -0.2) is 4.98 Å². The van der Waals surface area contributed by atoms with Crippen LogP contribution in [0.4, 0.5) is 0 Å². The lowest BCUT2D eigenvalue weighted by atomic mass is 10.2. The van der Waals surface area contributed by atoms with Crippen LogP contribution in [0.15, 0.2) is 60.8 Å². The highest BCUT2D eigenvalue weighted by Crippen LogP contribution is 2.31. The molecule has 1 fully saturated rings. The highest BCUT2D eigenvalue weighted by Gasteiger charge is 2.25. The number of amides is 1. The highest BCUT2D eigenvalue weighted by atomic mass is 35.5. The zero-order valence-electron chi connectivity index (χ0n) is 16.1. The summed E-state index contributed by atoms with van der Waals surface area (Å²) in [7, 11) is 2.05. The van der Waals surface area contributed by atoms with E-state index >= 15 is 0 Å². The average Bonchev–Trinajstić information content (AvgIpc) is 2.76. The van der Waals surface area contributed by atoms with Gasteiger partial charge in [-0.15, -0.1) is 0 Å². The van der Waals surface area contributed by atoms with Crippen molar-refractivity contribution in [3.8, 4) is 23.0 Å². The average molecular weight is 409 g/mol. The molecule has 1 amide bonds. The zero-order valence-corrected chi connectivity index (χ0v) is 16.8. The molecule has 0 unspecified atom stereocenters. The Kier molecular flexibility index (Phi) is 5.74. The molecular formula is C22H21ClN4O2. The van der Waals surface area contributed by atoms with Crippen LogP contribution in [-0.4, -0.2) is 58.9 Å². The molecule has 0 atom stereocenters. The lowest BCUT2D eigenvalue weighted by molar-refractivity contribution is 0.0660. The van der Waals surface area contributed by atoms with Crippen molar-refractivity contribution in [1.82, 2.24) is 19.8 Å². The lowest BCUT2D eigenvalue weighted by Crippen LogP contribution is -2.47.